The van der Waals surface area contributed by atoms with Crippen LogP contribution in [-0.4, -0.2) is 26.8 Å². The van der Waals surface area contributed by atoms with Gasteiger partial charge in [-0.25, -0.2) is 8.42 Å². The summed E-state index contributed by atoms with van der Waals surface area (Å²) in [5.41, 5.74) is 4.67. The zero-order chi connectivity index (χ0) is 21.7. The van der Waals surface area contributed by atoms with E-state index in [1.54, 1.807) is 18.2 Å². The second-order valence-corrected chi connectivity index (χ2v) is 9.50. The molecule has 0 unspecified atom stereocenters. The van der Waals surface area contributed by atoms with Crippen LogP contribution in [0.3, 0.4) is 0 Å². The largest absolute Gasteiger partial charge is 0.352 e. The van der Waals surface area contributed by atoms with Crippen LogP contribution in [-0.2, 0) is 10.0 Å². The van der Waals surface area contributed by atoms with Crippen molar-refractivity contribution in [1.29, 1.82) is 0 Å². The number of nitrogens with one attached hydrogen (secondary N) is 2. The van der Waals surface area contributed by atoms with Crippen LogP contribution in [0, 0.1) is 6.92 Å². The number of sulfonamides is 1. The Balaban J connectivity index is 1.83. The fourth-order valence-electron chi connectivity index (χ4n) is 3.17. The summed E-state index contributed by atoms with van der Waals surface area (Å²) >= 11 is 5.58. The Hall–Kier alpha value is -2.90. The van der Waals surface area contributed by atoms with Crippen molar-refractivity contribution in [3.05, 3.63) is 95.6 Å². The van der Waals surface area contributed by atoms with Gasteiger partial charge < -0.3 is 10.6 Å². The first-order chi connectivity index (χ1) is 14.3. The van der Waals surface area contributed by atoms with E-state index in [4.69, 9.17) is 12.2 Å². The first-order valence-electron chi connectivity index (χ1n) is 9.47. The third-order valence-electron chi connectivity index (χ3n) is 4.87. The number of thiocarbonyl (C=S) groups is 1. The molecule has 2 N–H and O–H groups in total. The van der Waals surface area contributed by atoms with Crippen molar-refractivity contribution in [2.24, 2.45) is 0 Å². The molecule has 30 heavy (non-hydrogen) atoms. The molecular formula is C23H25N3O2S2. The number of benzene rings is 3. The lowest BCUT2D eigenvalue weighted by molar-refractivity contribution is 0.600. The maximum absolute atomic E-state index is 11.8. The Morgan fingerprint density at radius 3 is 2.30 bits per heavy atom. The predicted octanol–water partition coefficient (Wildman–Crippen LogP) is 4.47. The highest BCUT2D eigenvalue weighted by atomic mass is 32.2. The molecule has 0 aromatic heterocycles. The van der Waals surface area contributed by atoms with E-state index in [2.05, 4.69) is 41.8 Å². The molecule has 0 saturated carbocycles. The lowest BCUT2D eigenvalue weighted by Gasteiger charge is -2.24. The number of hydrogen-bond donors (Lipinski definition) is 2. The minimum absolute atomic E-state index is 0.116. The van der Waals surface area contributed by atoms with Crippen LogP contribution < -0.4 is 14.9 Å². The van der Waals surface area contributed by atoms with E-state index in [1.165, 1.54) is 23.2 Å². The summed E-state index contributed by atoms with van der Waals surface area (Å²) in [5.74, 6) is 0. The van der Waals surface area contributed by atoms with Gasteiger partial charge in [-0.3, -0.25) is 4.31 Å². The molecule has 0 aliphatic rings. The molecule has 156 valence electrons. The molecule has 7 heteroatoms. The van der Waals surface area contributed by atoms with E-state index >= 15 is 0 Å². The van der Waals surface area contributed by atoms with Gasteiger partial charge in [0.1, 0.15) is 0 Å². The molecule has 0 radical (unpaired) electrons. The first kappa shape index (κ1) is 21.8. The highest BCUT2D eigenvalue weighted by Crippen LogP contribution is 2.25. The predicted molar refractivity (Wildman–Crippen MR) is 129 cm³/mol. The molecule has 3 rings (SSSR count). The fourth-order valence-corrected chi connectivity index (χ4v) is 3.90. The van der Waals surface area contributed by atoms with E-state index in [1.807, 2.05) is 36.4 Å². The molecule has 0 fully saturated rings. The number of rotatable bonds is 6. The maximum atomic E-state index is 11.8. The van der Waals surface area contributed by atoms with Crippen LogP contribution >= 0.6 is 12.2 Å². The summed E-state index contributed by atoms with van der Waals surface area (Å²) < 4.78 is 24.9. The van der Waals surface area contributed by atoms with Gasteiger partial charge in [-0.1, -0.05) is 60.7 Å². The van der Waals surface area contributed by atoms with Crippen LogP contribution in [0.4, 0.5) is 11.4 Å². The summed E-state index contributed by atoms with van der Waals surface area (Å²) in [6.07, 6.45) is 1.17. The fraction of sp³-hybridized carbons (Fsp3) is 0.174. The van der Waals surface area contributed by atoms with Crippen LogP contribution in [0.2, 0.25) is 0 Å². The van der Waals surface area contributed by atoms with Gasteiger partial charge in [0.25, 0.3) is 0 Å². The molecule has 3 aromatic rings. The zero-order valence-electron chi connectivity index (χ0n) is 17.2. The Bertz CT molecular complexity index is 1130. The Morgan fingerprint density at radius 2 is 1.63 bits per heavy atom. The van der Waals surface area contributed by atoms with Crippen LogP contribution in [0.15, 0.2) is 78.9 Å². The summed E-state index contributed by atoms with van der Waals surface area (Å²) in [4.78, 5) is 0. The van der Waals surface area contributed by atoms with E-state index in [0.717, 1.165) is 11.1 Å². The second-order valence-electron chi connectivity index (χ2n) is 7.08. The highest BCUT2D eigenvalue weighted by Gasteiger charge is 2.17. The van der Waals surface area contributed by atoms with Gasteiger partial charge in [-0.15, -0.1) is 0 Å². The Labute approximate surface area is 183 Å². The molecule has 0 spiro atoms. The van der Waals surface area contributed by atoms with Gasteiger partial charge >= 0.3 is 0 Å². The average Bonchev–Trinajstić information content (AvgIpc) is 2.72. The van der Waals surface area contributed by atoms with Crippen LogP contribution in [0.25, 0.3) is 0 Å². The topological polar surface area (TPSA) is 61.4 Å². The van der Waals surface area contributed by atoms with Gasteiger partial charge in [0.05, 0.1) is 18.0 Å². The molecule has 1 atom stereocenters. The van der Waals surface area contributed by atoms with Crippen molar-refractivity contribution >= 4 is 38.7 Å². The van der Waals surface area contributed by atoms with Crippen LogP contribution in [0.5, 0.6) is 0 Å². The summed E-state index contributed by atoms with van der Waals surface area (Å²) in [7, 11) is -1.82. The molecule has 0 saturated heterocycles. The van der Waals surface area contributed by atoms with Crippen LogP contribution in [0.1, 0.15) is 22.7 Å². The van der Waals surface area contributed by atoms with Crippen molar-refractivity contribution in [2.45, 2.75) is 13.0 Å². The molecule has 3 aromatic carbocycles. The van der Waals surface area contributed by atoms with E-state index in [0.29, 0.717) is 16.5 Å². The van der Waals surface area contributed by atoms with E-state index in [9.17, 15) is 8.42 Å². The molecule has 0 aliphatic carbocycles. The van der Waals surface area contributed by atoms with E-state index in [-0.39, 0.29) is 6.04 Å². The van der Waals surface area contributed by atoms with Gasteiger partial charge in [0.15, 0.2) is 5.11 Å². The number of aryl methyl sites for hydroxylation is 1. The summed E-state index contributed by atoms with van der Waals surface area (Å²) in [5, 5.41) is 7.03. The minimum atomic E-state index is -3.34. The van der Waals surface area contributed by atoms with Gasteiger partial charge in [0, 0.05) is 12.7 Å². The Kier molecular flexibility index (Phi) is 6.74. The molecule has 5 nitrogen and oxygen atoms in total. The summed E-state index contributed by atoms with van der Waals surface area (Å²) in [6.45, 7) is 2.08. The molecular weight excluding hydrogens is 414 g/mol. The lowest BCUT2D eigenvalue weighted by Crippen LogP contribution is -2.33. The van der Waals surface area contributed by atoms with Crippen molar-refractivity contribution in [2.75, 3.05) is 22.9 Å². The number of nitrogens with zero attached hydrogens (tertiary/aromatic N) is 1. The normalized spacial score (nSPS) is 12.1. The quantitative estimate of drug-likeness (QED) is 0.555. The molecule has 0 amide bonds. The maximum Gasteiger partial charge on any atom is 0.231 e. The zero-order valence-corrected chi connectivity index (χ0v) is 18.8. The van der Waals surface area contributed by atoms with Crippen molar-refractivity contribution in [3.8, 4) is 0 Å². The van der Waals surface area contributed by atoms with E-state index < -0.39 is 10.0 Å². The Morgan fingerprint density at radius 1 is 0.967 bits per heavy atom. The van der Waals surface area contributed by atoms with Gasteiger partial charge in [0.2, 0.25) is 10.0 Å². The smallest absolute Gasteiger partial charge is 0.231 e. The van der Waals surface area contributed by atoms with Crippen molar-refractivity contribution in [1.82, 2.24) is 5.32 Å². The second kappa shape index (κ2) is 9.28. The third-order valence-corrected chi connectivity index (χ3v) is 6.30. The van der Waals surface area contributed by atoms with Gasteiger partial charge in [-0.05, 0) is 54.0 Å². The minimum Gasteiger partial charge on any atom is -0.352 e. The number of hydrogen-bond acceptors (Lipinski definition) is 3. The standard InChI is InChI=1S/C23H25N3O2S2/c1-17-10-7-8-15-21(17)22(18-11-5-4-6-12-18)25-23(29)24-19-13-9-14-20(16-19)26(2)30(3,27)28/h4-16,22H,1-3H3,(H2,24,25,29)/t22-/m0/s1. The number of anilines is 2. The van der Waals surface area contributed by atoms with Gasteiger partial charge in [-0.2, -0.15) is 0 Å². The van der Waals surface area contributed by atoms with Crippen molar-refractivity contribution < 1.29 is 8.42 Å². The molecule has 0 bridgehead atoms. The van der Waals surface area contributed by atoms with Crippen molar-refractivity contribution in [3.63, 3.8) is 0 Å². The monoisotopic (exact) mass is 439 g/mol. The SMILES string of the molecule is Cc1ccccc1[C@@H](NC(=S)Nc1cccc(N(C)S(C)(=O)=O)c1)c1ccccc1. The first-order valence-corrected chi connectivity index (χ1v) is 11.7. The molecule has 0 heterocycles. The molecule has 0 aliphatic heterocycles. The third kappa shape index (κ3) is 5.37. The lowest BCUT2D eigenvalue weighted by atomic mass is 9.95. The highest BCUT2D eigenvalue weighted by molar-refractivity contribution is 7.92. The summed E-state index contributed by atoms with van der Waals surface area (Å²) in [6, 6.07) is 25.3. The average molecular weight is 440 g/mol.